The summed E-state index contributed by atoms with van der Waals surface area (Å²) >= 11 is 2.12. The number of hydrogen-bond donors (Lipinski definition) is 1. The first-order valence-electron chi connectivity index (χ1n) is 5.95. The van der Waals surface area contributed by atoms with E-state index in [1.54, 1.807) is 0 Å². The number of nitrogens with zero attached hydrogens (tertiary/aromatic N) is 1. The van der Waals surface area contributed by atoms with Crippen LogP contribution in [0.3, 0.4) is 0 Å². The largest absolute Gasteiger partial charge is 0.330 e. The molecule has 82 valence electrons. The molecule has 0 saturated carbocycles. The summed E-state index contributed by atoms with van der Waals surface area (Å²) in [6, 6.07) is 1.68. The minimum atomic E-state index is 0.803. The topological polar surface area (TPSA) is 29.3 Å². The minimum absolute atomic E-state index is 0.803. The highest BCUT2D eigenvalue weighted by molar-refractivity contribution is 7.99. The molecule has 2 heterocycles. The zero-order chi connectivity index (χ0) is 9.80. The normalized spacial score (nSPS) is 34.9. The summed E-state index contributed by atoms with van der Waals surface area (Å²) in [5, 5.41) is 0. The van der Waals surface area contributed by atoms with Gasteiger partial charge in [-0.25, -0.2) is 0 Å². The Morgan fingerprint density at radius 2 is 2.21 bits per heavy atom. The molecule has 0 aromatic heterocycles. The van der Waals surface area contributed by atoms with Crippen LogP contribution in [0.1, 0.15) is 32.1 Å². The Morgan fingerprint density at radius 3 is 2.93 bits per heavy atom. The molecule has 2 N–H and O–H groups in total. The van der Waals surface area contributed by atoms with E-state index in [9.17, 15) is 0 Å². The smallest absolute Gasteiger partial charge is 0.0197 e. The first-order chi connectivity index (χ1) is 6.92. The lowest BCUT2D eigenvalue weighted by molar-refractivity contribution is 0.102. The van der Waals surface area contributed by atoms with E-state index < -0.39 is 0 Å². The second-order valence-electron chi connectivity index (χ2n) is 4.48. The number of thioether (sulfide) groups is 1. The van der Waals surface area contributed by atoms with Gasteiger partial charge in [0.25, 0.3) is 0 Å². The molecular formula is C11H22N2S. The molecule has 0 radical (unpaired) electrons. The van der Waals surface area contributed by atoms with Gasteiger partial charge in [-0.2, -0.15) is 11.8 Å². The molecule has 2 saturated heterocycles. The maximum absolute atomic E-state index is 5.69. The van der Waals surface area contributed by atoms with Crippen molar-refractivity contribution in [3.05, 3.63) is 0 Å². The Bertz CT molecular complexity index is 167. The highest BCUT2D eigenvalue weighted by atomic mass is 32.2. The summed E-state index contributed by atoms with van der Waals surface area (Å²) in [4.78, 5) is 2.76. The van der Waals surface area contributed by atoms with Crippen molar-refractivity contribution < 1.29 is 0 Å². The monoisotopic (exact) mass is 214 g/mol. The van der Waals surface area contributed by atoms with E-state index in [0.717, 1.165) is 18.6 Å². The van der Waals surface area contributed by atoms with Gasteiger partial charge in [0, 0.05) is 17.8 Å². The molecule has 0 aliphatic carbocycles. The zero-order valence-electron chi connectivity index (χ0n) is 8.95. The van der Waals surface area contributed by atoms with Crippen molar-refractivity contribution in [2.24, 2.45) is 5.73 Å². The van der Waals surface area contributed by atoms with Crippen LogP contribution in [-0.2, 0) is 0 Å². The Morgan fingerprint density at radius 1 is 1.29 bits per heavy atom. The van der Waals surface area contributed by atoms with Crippen LogP contribution in [0.5, 0.6) is 0 Å². The second kappa shape index (κ2) is 5.38. The molecule has 0 aromatic rings. The van der Waals surface area contributed by atoms with E-state index >= 15 is 0 Å². The van der Waals surface area contributed by atoms with Crippen molar-refractivity contribution in [2.45, 2.75) is 44.2 Å². The zero-order valence-corrected chi connectivity index (χ0v) is 9.77. The first kappa shape index (κ1) is 10.8. The number of hydrogen-bond acceptors (Lipinski definition) is 3. The van der Waals surface area contributed by atoms with Gasteiger partial charge in [-0.1, -0.05) is 6.42 Å². The SMILES string of the molecule is NCCC1CCCCN1C1CCSC1. The van der Waals surface area contributed by atoms with Gasteiger partial charge in [-0.05, 0) is 44.5 Å². The quantitative estimate of drug-likeness (QED) is 0.775. The fourth-order valence-electron chi connectivity index (χ4n) is 2.79. The molecule has 14 heavy (non-hydrogen) atoms. The van der Waals surface area contributed by atoms with Crippen LogP contribution < -0.4 is 5.73 Å². The van der Waals surface area contributed by atoms with Crippen LogP contribution in [0.25, 0.3) is 0 Å². The minimum Gasteiger partial charge on any atom is -0.330 e. The Labute approximate surface area is 91.6 Å². The molecule has 2 aliphatic rings. The molecule has 2 atom stereocenters. The van der Waals surface area contributed by atoms with Crippen LogP contribution in [0, 0.1) is 0 Å². The third kappa shape index (κ3) is 2.44. The summed E-state index contributed by atoms with van der Waals surface area (Å²) in [5.41, 5.74) is 5.69. The summed E-state index contributed by atoms with van der Waals surface area (Å²) in [7, 11) is 0. The molecule has 2 rings (SSSR count). The molecule has 2 unspecified atom stereocenters. The summed E-state index contributed by atoms with van der Waals surface area (Å²) < 4.78 is 0. The predicted molar refractivity (Wildman–Crippen MR) is 63.7 cm³/mol. The Hall–Kier alpha value is 0.270. The van der Waals surface area contributed by atoms with Crippen LogP contribution in [0.4, 0.5) is 0 Å². The third-order valence-corrected chi connectivity index (χ3v) is 4.69. The number of piperidine rings is 1. The molecular weight excluding hydrogens is 192 g/mol. The average Bonchev–Trinajstić information content (AvgIpc) is 2.72. The molecule has 2 fully saturated rings. The molecule has 0 bridgehead atoms. The maximum atomic E-state index is 5.69. The van der Waals surface area contributed by atoms with E-state index in [1.807, 2.05) is 0 Å². The van der Waals surface area contributed by atoms with Gasteiger partial charge in [-0.15, -0.1) is 0 Å². The van der Waals surface area contributed by atoms with E-state index in [0.29, 0.717) is 0 Å². The van der Waals surface area contributed by atoms with Gasteiger partial charge in [-0.3, -0.25) is 4.90 Å². The molecule has 0 aromatic carbocycles. The van der Waals surface area contributed by atoms with Crippen molar-refractivity contribution in [3.8, 4) is 0 Å². The lowest BCUT2D eigenvalue weighted by atomic mass is 9.97. The summed E-state index contributed by atoms with van der Waals surface area (Å²) in [5.74, 6) is 2.73. The van der Waals surface area contributed by atoms with Gasteiger partial charge in [0.15, 0.2) is 0 Å². The fraction of sp³-hybridized carbons (Fsp3) is 1.00. The fourth-order valence-corrected chi connectivity index (χ4v) is 4.03. The molecule has 3 heteroatoms. The van der Waals surface area contributed by atoms with E-state index in [-0.39, 0.29) is 0 Å². The predicted octanol–water partition coefficient (Wildman–Crippen LogP) is 1.70. The summed E-state index contributed by atoms with van der Waals surface area (Å²) in [6.07, 6.45) is 6.83. The van der Waals surface area contributed by atoms with Crippen LogP contribution in [0.15, 0.2) is 0 Å². The van der Waals surface area contributed by atoms with E-state index in [2.05, 4.69) is 16.7 Å². The van der Waals surface area contributed by atoms with Gasteiger partial charge in [0.2, 0.25) is 0 Å². The Kier molecular flexibility index (Phi) is 4.14. The van der Waals surface area contributed by atoms with E-state index in [1.165, 1.54) is 50.2 Å². The van der Waals surface area contributed by atoms with E-state index in [4.69, 9.17) is 5.73 Å². The summed E-state index contributed by atoms with van der Waals surface area (Å²) in [6.45, 7) is 2.19. The highest BCUT2D eigenvalue weighted by Crippen LogP contribution is 2.29. The molecule has 0 amide bonds. The Balaban J connectivity index is 1.91. The van der Waals surface area contributed by atoms with Crippen LogP contribution >= 0.6 is 11.8 Å². The van der Waals surface area contributed by atoms with Crippen LogP contribution in [-0.4, -0.2) is 41.6 Å². The van der Waals surface area contributed by atoms with Crippen molar-refractivity contribution >= 4 is 11.8 Å². The maximum Gasteiger partial charge on any atom is 0.0197 e. The van der Waals surface area contributed by atoms with Gasteiger partial charge < -0.3 is 5.73 Å². The van der Waals surface area contributed by atoms with Gasteiger partial charge >= 0.3 is 0 Å². The first-order valence-corrected chi connectivity index (χ1v) is 7.11. The second-order valence-corrected chi connectivity index (χ2v) is 5.63. The number of nitrogens with two attached hydrogens (primary N) is 1. The lowest BCUT2D eigenvalue weighted by Gasteiger charge is -2.39. The number of likely N-dealkylation sites (tertiary alicyclic amines) is 1. The van der Waals surface area contributed by atoms with Crippen molar-refractivity contribution in [1.82, 2.24) is 4.90 Å². The van der Waals surface area contributed by atoms with Gasteiger partial charge in [0.1, 0.15) is 0 Å². The van der Waals surface area contributed by atoms with Crippen molar-refractivity contribution in [1.29, 1.82) is 0 Å². The molecule has 2 nitrogen and oxygen atoms in total. The lowest BCUT2D eigenvalue weighted by Crippen LogP contribution is -2.47. The third-order valence-electron chi connectivity index (χ3n) is 3.55. The molecule has 0 spiro atoms. The standard InChI is InChI=1S/C11H22N2S/c12-6-4-10-3-1-2-7-13(10)11-5-8-14-9-11/h10-11H,1-9,12H2. The van der Waals surface area contributed by atoms with Crippen molar-refractivity contribution in [3.63, 3.8) is 0 Å². The van der Waals surface area contributed by atoms with Gasteiger partial charge in [0.05, 0.1) is 0 Å². The molecule has 2 aliphatic heterocycles. The number of rotatable bonds is 3. The highest BCUT2D eigenvalue weighted by Gasteiger charge is 2.30. The van der Waals surface area contributed by atoms with Crippen molar-refractivity contribution in [2.75, 3.05) is 24.6 Å². The van der Waals surface area contributed by atoms with Crippen LogP contribution in [0.2, 0.25) is 0 Å². The average molecular weight is 214 g/mol.